The summed E-state index contributed by atoms with van der Waals surface area (Å²) in [7, 11) is 0. The van der Waals surface area contributed by atoms with Crippen LogP contribution in [0.3, 0.4) is 0 Å². The van der Waals surface area contributed by atoms with E-state index in [9.17, 15) is 18.4 Å². The zero-order chi connectivity index (χ0) is 21.3. The number of halogens is 2. The van der Waals surface area contributed by atoms with Crippen LogP contribution in [-0.4, -0.2) is 21.2 Å². The lowest BCUT2D eigenvalue weighted by molar-refractivity contribution is -0.113. The summed E-state index contributed by atoms with van der Waals surface area (Å²) in [6.07, 6.45) is 0. The van der Waals surface area contributed by atoms with Crippen LogP contribution >= 0.6 is 23.1 Å². The summed E-state index contributed by atoms with van der Waals surface area (Å²) in [4.78, 5) is 29.9. The van der Waals surface area contributed by atoms with Gasteiger partial charge in [-0.3, -0.25) is 14.2 Å². The molecule has 0 aliphatic heterocycles. The van der Waals surface area contributed by atoms with Crippen LogP contribution in [0.4, 0.5) is 14.5 Å². The second-order valence-electron chi connectivity index (χ2n) is 6.42. The average molecular weight is 444 g/mol. The standard InChI is InChI=1S/C21H15F2N3O2S2/c1-12-10-13(22)6-7-15(12)24-18(27)11-30-21-25-16-8-9-29-19(16)20(28)26(21)17-5-3-2-4-14(17)23/h2-10H,11H2,1H3,(H,24,27). The Morgan fingerprint density at radius 2 is 2.00 bits per heavy atom. The summed E-state index contributed by atoms with van der Waals surface area (Å²) in [5, 5.41) is 4.66. The summed E-state index contributed by atoms with van der Waals surface area (Å²) in [6.45, 7) is 1.69. The van der Waals surface area contributed by atoms with Gasteiger partial charge in [0.05, 0.1) is 17.0 Å². The number of carbonyl (C=O) groups excluding carboxylic acids is 1. The van der Waals surface area contributed by atoms with E-state index in [-0.39, 0.29) is 28.3 Å². The van der Waals surface area contributed by atoms with Crippen molar-refractivity contribution in [2.45, 2.75) is 12.1 Å². The highest BCUT2D eigenvalue weighted by atomic mass is 32.2. The zero-order valence-electron chi connectivity index (χ0n) is 15.7. The molecule has 30 heavy (non-hydrogen) atoms. The van der Waals surface area contributed by atoms with Crippen LogP contribution in [0, 0.1) is 18.6 Å². The lowest BCUT2D eigenvalue weighted by Crippen LogP contribution is -2.23. The molecule has 1 amide bonds. The third-order valence-corrected chi connectivity index (χ3v) is 6.17. The number of anilines is 1. The van der Waals surface area contributed by atoms with Gasteiger partial charge in [0.15, 0.2) is 5.16 Å². The van der Waals surface area contributed by atoms with Crippen LogP contribution in [0.5, 0.6) is 0 Å². The van der Waals surface area contributed by atoms with E-state index < -0.39 is 11.4 Å². The molecule has 0 aliphatic rings. The Kier molecular flexibility index (Phi) is 5.65. The molecule has 0 saturated heterocycles. The van der Waals surface area contributed by atoms with E-state index in [0.717, 1.165) is 11.8 Å². The number of aryl methyl sites for hydroxylation is 1. The number of aromatic nitrogens is 2. The van der Waals surface area contributed by atoms with E-state index in [1.165, 1.54) is 52.3 Å². The number of para-hydroxylation sites is 1. The van der Waals surface area contributed by atoms with Gasteiger partial charge in [-0.1, -0.05) is 23.9 Å². The number of fused-ring (bicyclic) bond motifs is 1. The summed E-state index contributed by atoms with van der Waals surface area (Å²) >= 11 is 2.25. The molecule has 0 atom stereocenters. The summed E-state index contributed by atoms with van der Waals surface area (Å²) < 4.78 is 29.3. The lowest BCUT2D eigenvalue weighted by atomic mass is 10.2. The number of benzene rings is 2. The number of hydrogen-bond acceptors (Lipinski definition) is 5. The zero-order valence-corrected chi connectivity index (χ0v) is 17.3. The minimum atomic E-state index is -0.564. The first-order valence-corrected chi connectivity index (χ1v) is 10.7. The molecule has 4 aromatic rings. The fourth-order valence-electron chi connectivity index (χ4n) is 2.92. The molecule has 0 fully saturated rings. The van der Waals surface area contributed by atoms with Gasteiger partial charge in [0.25, 0.3) is 5.56 Å². The molecule has 2 aromatic heterocycles. The topological polar surface area (TPSA) is 64.0 Å². The van der Waals surface area contributed by atoms with E-state index in [1.54, 1.807) is 24.4 Å². The fraction of sp³-hybridized carbons (Fsp3) is 0.0952. The second kappa shape index (κ2) is 8.37. The van der Waals surface area contributed by atoms with Crippen molar-refractivity contribution in [2.24, 2.45) is 0 Å². The molecule has 152 valence electrons. The van der Waals surface area contributed by atoms with Crippen molar-refractivity contribution in [1.29, 1.82) is 0 Å². The molecule has 0 spiro atoms. The Morgan fingerprint density at radius 1 is 1.20 bits per heavy atom. The van der Waals surface area contributed by atoms with Crippen LogP contribution in [0.2, 0.25) is 0 Å². The van der Waals surface area contributed by atoms with Gasteiger partial charge >= 0.3 is 0 Å². The molecule has 0 aliphatic carbocycles. The van der Waals surface area contributed by atoms with Crippen LogP contribution in [-0.2, 0) is 4.79 Å². The summed E-state index contributed by atoms with van der Waals surface area (Å²) in [5.74, 6) is -1.37. The number of carbonyl (C=O) groups is 1. The summed E-state index contributed by atoms with van der Waals surface area (Å²) in [5.41, 5.74) is 1.26. The van der Waals surface area contributed by atoms with Crippen molar-refractivity contribution in [3.05, 3.63) is 81.5 Å². The smallest absolute Gasteiger partial charge is 0.276 e. The molecule has 0 saturated carbocycles. The van der Waals surface area contributed by atoms with Gasteiger partial charge in [0, 0.05) is 5.69 Å². The first kappa shape index (κ1) is 20.2. The third kappa shape index (κ3) is 3.99. The Labute approximate surface area is 178 Å². The van der Waals surface area contributed by atoms with Gasteiger partial charge < -0.3 is 5.32 Å². The van der Waals surface area contributed by atoms with Gasteiger partial charge in [-0.25, -0.2) is 13.8 Å². The number of hydrogen-bond donors (Lipinski definition) is 1. The molecular weight excluding hydrogens is 428 g/mol. The predicted molar refractivity (Wildman–Crippen MR) is 116 cm³/mol. The van der Waals surface area contributed by atoms with Crippen molar-refractivity contribution in [1.82, 2.24) is 9.55 Å². The van der Waals surface area contributed by atoms with Gasteiger partial charge in [0.2, 0.25) is 5.91 Å². The Balaban J connectivity index is 1.65. The van der Waals surface area contributed by atoms with Gasteiger partial charge in [-0.2, -0.15) is 0 Å². The van der Waals surface area contributed by atoms with E-state index in [1.807, 2.05) is 0 Å². The van der Waals surface area contributed by atoms with Crippen molar-refractivity contribution >= 4 is 44.9 Å². The van der Waals surface area contributed by atoms with E-state index in [4.69, 9.17) is 0 Å². The highest BCUT2D eigenvalue weighted by molar-refractivity contribution is 7.99. The number of nitrogens with zero attached hydrogens (tertiary/aromatic N) is 2. The highest BCUT2D eigenvalue weighted by Crippen LogP contribution is 2.25. The van der Waals surface area contributed by atoms with E-state index in [0.29, 0.717) is 21.5 Å². The van der Waals surface area contributed by atoms with Crippen molar-refractivity contribution < 1.29 is 13.6 Å². The maximum atomic E-state index is 14.4. The molecule has 0 bridgehead atoms. The van der Waals surface area contributed by atoms with Crippen molar-refractivity contribution in [3.63, 3.8) is 0 Å². The third-order valence-electron chi connectivity index (χ3n) is 4.34. The number of amides is 1. The second-order valence-corrected chi connectivity index (χ2v) is 8.28. The summed E-state index contributed by atoms with van der Waals surface area (Å²) in [6, 6.07) is 11.7. The quantitative estimate of drug-likeness (QED) is 0.357. The maximum absolute atomic E-state index is 14.4. The maximum Gasteiger partial charge on any atom is 0.276 e. The Bertz CT molecular complexity index is 1320. The monoisotopic (exact) mass is 443 g/mol. The normalized spacial score (nSPS) is 11.0. The Hall–Kier alpha value is -3.04. The van der Waals surface area contributed by atoms with Crippen molar-refractivity contribution in [2.75, 3.05) is 11.1 Å². The SMILES string of the molecule is Cc1cc(F)ccc1NC(=O)CSc1nc2ccsc2c(=O)n1-c1ccccc1F. The fourth-order valence-corrected chi connectivity index (χ4v) is 4.48. The number of thioether (sulfide) groups is 1. The number of nitrogens with one attached hydrogen (secondary N) is 1. The molecule has 4 rings (SSSR count). The molecular formula is C21H15F2N3O2S2. The van der Waals surface area contributed by atoms with E-state index in [2.05, 4.69) is 10.3 Å². The lowest BCUT2D eigenvalue weighted by Gasteiger charge is -2.13. The number of thiophene rings is 1. The van der Waals surface area contributed by atoms with Gasteiger partial charge in [0.1, 0.15) is 16.3 Å². The molecule has 9 heteroatoms. The minimum absolute atomic E-state index is 0.0621. The van der Waals surface area contributed by atoms with Gasteiger partial charge in [-0.05, 0) is 54.3 Å². The average Bonchev–Trinajstić information content (AvgIpc) is 3.18. The molecule has 0 radical (unpaired) electrons. The van der Waals surface area contributed by atoms with Crippen LogP contribution in [0.15, 0.2) is 63.9 Å². The highest BCUT2D eigenvalue weighted by Gasteiger charge is 2.18. The minimum Gasteiger partial charge on any atom is -0.325 e. The Morgan fingerprint density at radius 3 is 2.77 bits per heavy atom. The molecule has 1 N–H and O–H groups in total. The first-order valence-electron chi connectivity index (χ1n) is 8.88. The van der Waals surface area contributed by atoms with Crippen LogP contribution < -0.4 is 10.9 Å². The molecule has 2 aromatic carbocycles. The van der Waals surface area contributed by atoms with Crippen molar-refractivity contribution in [3.8, 4) is 5.69 Å². The van der Waals surface area contributed by atoms with E-state index >= 15 is 0 Å². The van der Waals surface area contributed by atoms with Gasteiger partial charge in [-0.15, -0.1) is 11.3 Å². The number of rotatable bonds is 5. The first-order chi connectivity index (χ1) is 14.4. The largest absolute Gasteiger partial charge is 0.325 e. The molecule has 2 heterocycles. The van der Waals surface area contributed by atoms with Crippen LogP contribution in [0.25, 0.3) is 15.9 Å². The molecule has 5 nitrogen and oxygen atoms in total. The predicted octanol–water partition coefficient (Wildman–Crippen LogP) is 4.76. The van der Waals surface area contributed by atoms with Crippen LogP contribution in [0.1, 0.15) is 5.56 Å². The molecule has 0 unspecified atom stereocenters.